The Morgan fingerprint density at radius 3 is 2.39 bits per heavy atom. The summed E-state index contributed by atoms with van der Waals surface area (Å²) in [4.78, 5) is 11.7. The van der Waals surface area contributed by atoms with Crippen molar-refractivity contribution in [3.63, 3.8) is 0 Å². The molecule has 0 bridgehead atoms. The Kier molecular flexibility index (Phi) is 3.14. The van der Waals surface area contributed by atoms with Crippen LogP contribution in [0.1, 0.15) is 36.8 Å². The summed E-state index contributed by atoms with van der Waals surface area (Å²) in [6, 6.07) is 7.80. The summed E-state index contributed by atoms with van der Waals surface area (Å²) in [7, 11) is 0. The van der Waals surface area contributed by atoms with Gasteiger partial charge in [-0.3, -0.25) is 4.79 Å². The van der Waals surface area contributed by atoms with Gasteiger partial charge >= 0.3 is 0 Å². The maximum absolute atomic E-state index is 11.7. The quantitative estimate of drug-likeness (QED) is 0.851. The van der Waals surface area contributed by atoms with Crippen molar-refractivity contribution in [1.82, 2.24) is 15.4 Å². The van der Waals surface area contributed by atoms with Gasteiger partial charge in [0.15, 0.2) is 5.69 Å². The smallest absolute Gasteiger partial charge is 0.277 e. The zero-order valence-electron chi connectivity index (χ0n) is 10.7. The van der Waals surface area contributed by atoms with Crippen LogP contribution < -0.4 is 5.32 Å². The van der Waals surface area contributed by atoms with E-state index in [1.807, 2.05) is 24.3 Å². The third-order valence-corrected chi connectivity index (χ3v) is 2.66. The van der Waals surface area contributed by atoms with Crippen LogP contribution in [0.15, 0.2) is 30.5 Å². The molecule has 5 nitrogen and oxygen atoms in total. The lowest BCUT2D eigenvalue weighted by molar-refractivity contribution is 0.102. The first-order chi connectivity index (χ1) is 8.47. The number of nitrogens with one attached hydrogen (secondary N) is 2. The summed E-state index contributed by atoms with van der Waals surface area (Å²) in [5, 5.41) is 12.5. The van der Waals surface area contributed by atoms with E-state index in [9.17, 15) is 4.79 Å². The van der Waals surface area contributed by atoms with Gasteiger partial charge in [0.1, 0.15) is 0 Å². The fraction of sp³-hybridized carbons (Fsp3) is 0.308. The Balaban J connectivity index is 2.09. The number of anilines is 1. The van der Waals surface area contributed by atoms with Crippen LogP contribution in [-0.4, -0.2) is 21.3 Å². The lowest BCUT2D eigenvalue weighted by Gasteiger charge is -2.19. The molecule has 0 radical (unpaired) electrons. The minimum absolute atomic E-state index is 0.106. The van der Waals surface area contributed by atoms with Gasteiger partial charge in [-0.2, -0.15) is 15.4 Å². The molecule has 0 saturated carbocycles. The van der Waals surface area contributed by atoms with Gasteiger partial charge in [0.05, 0.1) is 6.20 Å². The molecular weight excluding hydrogens is 228 g/mol. The van der Waals surface area contributed by atoms with E-state index in [0.717, 1.165) is 5.69 Å². The van der Waals surface area contributed by atoms with Crippen molar-refractivity contribution in [2.75, 3.05) is 5.32 Å². The van der Waals surface area contributed by atoms with Gasteiger partial charge in [-0.1, -0.05) is 32.9 Å². The van der Waals surface area contributed by atoms with E-state index in [1.165, 1.54) is 11.8 Å². The molecule has 2 rings (SSSR count). The van der Waals surface area contributed by atoms with E-state index >= 15 is 0 Å². The van der Waals surface area contributed by atoms with E-state index in [4.69, 9.17) is 0 Å². The minimum Gasteiger partial charge on any atom is -0.321 e. The molecule has 0 spiro atoms. The van der Waals surface area contributed by atoms with Crippen LogP contribution >= 0.6 is 0 Å². The summed E-state index contributed by atoms with van der Waals surface area (Å²) < 4.78 is 0. The predicted octanol–water partition coefficient (Wildman–Crippen LogP) is 2.35. The number of aromatic amines is 1. The number of hydrogen-bond donors (Lipinski definition) is 2. The summed E-state index contributed by atoms with van der Waals surface area (Å²) in [5.41, 5.74) is 2.35. The largest absolute Gasteiger partial charge is 0.321 e. The molecule has 0 unspecified atom stereocenters. The number of nitrogens with zero attached hydrogens (tertiary/aromatic N) is 2. The molecule has 1 aromatic carbocycles. The molecule has 0 aliphatic rings. The fourth-order valence-corrected chi connectivity index (χ4v) is 1.56. The summed E-state index contributed by atoms with van der Waals surface area (Å²) in [5.74, 6) is -0.271. The van der Waals surface area contributed by atoms with E-state index < -0.39 is 0 Å². The first-order valence-electron chi connectivity index (χ1n) is 5.74. The number of carbonyl (C=O) groups excluding carboxylic acids is 1. The van der Waals surface area contributed by atoms with Crippen molar-refractivity contribution in [1.29, 1.82) is 0 Å². The van der Waals surface area contributed by atoms with Crippen molar-refractivity contribution in [2.24, 2.45) is 0 Å². The molecular formula is C13H16N4O. The van der Waals surface area contributed by atoms with Crippen molar-refractivity contribution in [3.8, 4) is 0 Å². The third kappa shape index (κ3) is 2.74. The number of rotatable bonds is 2. The number of amides is 1. The van der Waals surface area contributed by atoms with Crippen molar-refractivity contribution >= 4 is 11.6 Å². The van der Waals surface area contributed by atoms with Gasteiger partial charge in [-0.25, -0.2) is 0 Å². The van der Waals surface area contributed by atoms with Crippen LogP contribution in [0.4, 0.5) is 5.69 Å². The van der Waals surface area contributed by atoms with Crippen LogP contribution in [-0.2, 0) is 5.41 Å². The Morgan fingerprint density at radius 1 is 1.22 bits per heavy atom. The van der Waals surface area contributed by atoms with Gasteiger partial charge < -0.3 is 5.32 Å². The normalized spacial score (nSPS) is 11.3. The average molecular weight is 244 g/mol. The number of aromatic nitrogens is 3. The first-order valence-corrected chi connectivity index (χ1v) is 5.74. The van der Waals surface area contributed by atoms with Crippen LogP contribution in [0.3, 0.4) is 0 Å². The van der Waals surface area contributed by atoms with Crippen LogP contribution in [0.5, 0.6) is 0 Å². The van der Waals surface area contributed by atoms with E-state index in [-0.39, 0.29) is 17.0 Å². The Bertz CT molecular complexity index is 523. The minimum atomic E-state index is -0.271. The van der Waals surface area contributed by atoms with Gasteiger partial charge in [0.25, 0.3) is 5.91 Å². The zero-order valence-corrected chi connectivity index (χ0v) is 10.7. The first kappa shape index (κ1) is 12.3. The highest BCUT2D eigenvalue weighted by molar-refractivity contribution is 6.02. The molecule has 18 heavy (non-hydrogen) atoms. The second kappa shape index (κ2) is 4.60. The standard InChI is InChI=1S/C13H16N4O/c1-13(2,3)9-4-6-10(7-5-9)15-12(18)11-8-14-17-16-11/h4-8H,1-3H3,(H,15,18)(H,14,16,17). The zero-order chi connectivity index (χ0) is 13.2. The number of carbonyl (C=O) groups is 1. The molecule has 2 aromatic rings. The lowest BCUT2D eigenvalue weighted by Crippen LogP contribution is -2.14. The second-order valence-electron chi connectivity index (χ2n) is 5.14. The van der Waals surface area contributed by atoms with Crippen LogP contribution in [0, 0.1) is 0 Å². The summed E-state index contributed by atoms with van der Waals surface area (Å²) in [6.45, 7) is 6.45. The summed E-state index contributed by atoms with van der Waals surface area (Å²) in [6.07, 6.45) is 1.39. The van der Waals surface area contributed by atoms with Crippen molar-refractivity contribution in [2.45, 2.75) is 26.2 Å². The highest BCUT2D eigenvalue weighted by atomic mass is 16.2. The second-order valence-corrected chi connectivity index (χ2v) is 5.14. The summed E-state index contributed by atoms with van der Waals surface area (Å²) >= 11 is 0. The highest BCUT2D eigenvalue weighted by Crippen LogP contribution is 2.23. The van der Waals surface area contributed by atoms with Crippen molar-refractivity contribution in [3.05, 3.63) is 41.7 Å². The van der Waals surface area contributed by atoms with Gasteiger partial charge in [-0.05, 0) is 23.1 Å². The van der Waals surface area contributed by atoms with E-state index in [0.29, 0.717) is 0 Å². The van der Waals surface area contributed by atoms with Gasteiger partial charge in [-0.15, -0.1) is 0 Å². The van der Waals surface area contributed by atoms with Gasteiger partial charge in [0, 0.05) is 5.69 Å². The molecule has 0 aliphatic carbocycles. The van der Waals surface area contributed by atoms with Crippen LogP contribution in [0.2, 0.25) is 0 Å². The average Bonchev–Trinajstić information content (AvgIpc) is 2.82. The highest BCUT2D eigenvalue weighted by Gasteiger charge is 2.13. The fourth-order valence-electron chi connectivity index (χ4n) is 1.56. The maximum atomic E-state index is 11.7. The Labute approximate surface area is 106 Å². The maximum Gasteiger partial charge on any atom is 0.277 e. The number of hydrogen-bond acceptors (Lipinski definition) is 3. The van der Waals surface area contributed by atoms with Crippen molar-refractivity contribution < 1.29 is 4.79 Å². The molecule has 2 N–H and O–H groups in total. The van der Waals surface area contributed by atoms with E-state index in [2.05, 4.69) is 41.5 Å². The molecule has 1 heterocycles. The Hall–Kier alpha value is -2.17. The number of H-pyrrole nitrogens is 1. The monoisotopic (exact) mass is 244 g/mol. The molecule has 0 fully saturated rings. The molecule has 94 valence electrons. The van der Waals surface area contributed by atoms with E-state index in [1.54, 1.807) is 0 Å². The predicted molar refractivity (Wildman–Crippen MR) is 69.5 cm³/mol. The SMILES string of the molecule is CC(C)(C)c1ccc(NC(=O)c2cn[nH]n2)cc1. The molecule has 1 amide bonds. The topological polar surface area (TPSA) is 70.7 Å². The molecule has 0 aliphatic heterocycles. The van der Waals surface area contributed by atoms with Gasteiger partial charge in [0.2, 0.25) is 0 Å². The lowest BCUT2D eigenvalue weighted by atomic mass is 9.87. The van der Waals surface area contributed by atoms with Crippen LogP contribution in [0.25, 0.3) is 0 Å². The molecule has 5 heteroatoms. The molecule has 1 aromatic heterocycles. The molecule has 0 atom stereocenters. The number of benzene rings is 1. The third-order valence-electron chi connectivity index (χ3n) is 2.66. The molecule has 0 saturated heterocycles. The Morgan fingerprint density at radius 2 is 1.89 bits per heavy atom.